The minimum absolute atomic E-state index is 0.0500. The molecule has 3 atom stereocenters. The second-order valence-corrected chi connectivity index (χ2v) is 6.32. The number of carboxylic acids is 1. The summed E-state index contributed by atoms with van der Waals surface area (Å²) in [6, 6.07) is -0.714. The van der Waals surface area contributed by atoms with Crippen LogP contribution in [-0.2, 0) is 14.4 Å². The van der Waals surface area contributed by atoms with Gasteiger partial charge in [-0.1, -0.05) is 19.8 Å². The molecule has 6 heteroatoms. The van der Waals surface area contributed by atoms with Crippen molar-refractivity contribution in [3.63, 3.8) is 0 Å². The second-order valence-electron chi connectivity index (χ2n) is 6.32. The predicted octanol–water partition coefficient (Wildman–Crippen LogP) is 1.39. The van der Waals surface area contributed by atoms with Gasteiger partial charge in [0, 0.05) is 24.9 Å². The van der Waals surface area contributed by atoms with Crippen molar-refractivity contribution in [2.75, 3.05) is 13.1 Å². The summed E-state index contributed by atoms with van der Waals surface area (Å²) in [5, 5.41) is 12.1. The molecule has 6 nitrogen and oxygen atoms in total. The SMILES string of the molecule is CCCNC(=O)C1CCCCC1C(=O)N1CCCC1C(=O)O. The summed E-state index contributed by atoms with van der Waals surface area (Å²) >= 11 is 0. The first-order valence-corrected chi connectivity index (χ1v) is 8.37. The standard InChI is InChI=1S/C16H26N2O4/c1-2-9-17-14(19)11-6-3-4-7-12(11)15(20)18-10-5-8-13(18)16(21)22/h11-13H,2-10H2,1H3,(H,17,19)(H,21,22). The Kier molecular flexibility index (Phi) is 5.80. The molecular weight excluding hydrogens is 284 g/mol. The Bertz CT molecular complexity index is 438. The van der Waals surface area contributed by atoms with Crippen LogP contribution >= 0.6 is 0 Å². The molecule has 0 aromatic carbocycles. The number of carbonyl (C=O) groups excluding carboxylic acids is 2. The highest BCUT2D eigenvalue weighted by Crippen LogP contribution is 2.33. The van der Waals surface area contributed by atoms with E-state index in [4.69, 9.17) is 0 Å². The molecule has 3 unspecified atom stereocenters. The van der Waals surface area contributed by atoms with Crippen LogP contribution in [-0.4, -0.2) is 46.9 Å². The third kappa shape index (κ3) is 3.59. The van der Waals surface area contributed by atoms with Crippen molar-refractivity contribution in [1.29, 1.82) is 0 Å². The van der Waals surface area contributed by atoms with E-state index in [2.05, 4.69) is 5.32 Å². The third-order valence-corrected chi connectivity index (χ3v) is 4.79. The molecule has 0 spiro atoms. The monoisotopic (exact) mass is 310 g/mol. The summed E-state index contributed by atoms with van der Waals surface area (Å²) in [7, 11) is 0. The Hall–Kier alpha value is -1.59. The Morgan fingerprint density at radius 3 is 2.41 bits per heavy atom. The molecule has 124 valence electrons. The number of rotatable bonds is 5. The largest absolute Gasteiger partial charge is 0.480 e. The molecule has 1 aliphatic carbocycles. The summed E-state index contributed by atoms with van der Waals surface area (Å²) in [4.78, 5) is 37.9. The van der Waals surface area contributed by atoms with Gasteiger partial charge in [-0.05, 0) is 32.1 Å². The number of amides is 2. The van der Waals surface area contributed by atoms with E-state index in [1.807, 2.05) is 6.92 Å². The lowest BCUT2D eigenvalue weighted by molar-refractivity contribution is -0.152. The number of likely N-dealkylation sites (tertiary alicyclic amines) is 1. The average Bonchev–Trinajstić information content (AvgIpc) is 3.01. The van der Waals surface area contributed by atoms with Gasteiger partial charge in [0.25, 0.3) is 0 Å². The van der Waals surface area contributed by atoms with Gasteiger partial charge in [0.15, 0.2) is 0 Å². The Labute approximate surface area is 131 Å². The van der Waals surface area contributed by atoms with Crippen LogP contribution in [0.25, 0.3) is 0 Å². The lowest BCUT2D eigenvalue weighted by atomic mass is 9.77. The highest BCUT2D eigenvalue weighted by Gasteiger charge is 2.42. The average molecular weight is 310 g/mol. The van der Waals surface area contributed by atoms with Crippen molar-refractivity contribution >= 4 is 17.8 Å². The van der Waals surface area contributed by atoms with Gasteiger partial charge in [-0.15, -0.1) is 0 Å². The van der Waals surface area contributed by atoms with Crippen LogP contribution in [0, 0.1) is 11.8 Å². The van der Waals surface area contributed by atoms with E-state index in [9.17, 15) is 19.5 Å². The van der Waals surface area contributed by atoms with Gasteiger partial charge in [-0.25, -0.2) is 4.79 Å². The van der Waals surface area contributed by atoms with Gasteiger partial charge in [0.05, 0.1) is 0 Å². The minimum Gasteiger partial charge on any atom is -0.480 e. The zero-order valence-corrected chi connectivity index (χ0v) is 13.2. The molecule has 2 amide bonds. The topological polar surface area (TPSA) is 86.7 Å². The summed E-state index contributed by atoms with van der Waals surface area (Å²) in [5.74, 6) is -1.78. The fourth-order valence-corrected chi connectivity index (χ4v) is 3.62. The molecule has 0 radical (unpaired) electrons. The first kappa shape index (κ1) is 16.8. The molecule has 1 saturated heterocycles. The summed E-state index contributed by atoms with van der Waals surface area (Å²) in [6.07, 6.45) is 5.40. The Morgan fingerprint density at radius 1 is 1.09 bits per heavy atom. The molecule has 1 saturated carbocycles. The molecule has 2 N–H and O–H groups in total. The molecule has 0 aromatic heterocycles. The molecule has 0 bridgehead atoms. The van der Waals surface area contributed by atoms with E-state index in [1.165, 1.54) is 4.90 Å². The highest BCUT2D eigenvalue weighted by atomic mass is 16.4. The Morgan fingerprint density at radius 2 is 1.77 bits per heavy atom. The third-order valence-electron chi connectivity index (χ3n) is 4.79. The first-order chi connectivity index (χ1) is 10.6. The van der Waals surface area contributed by atoms with Crippen molar-refractivity contribution in [2.24, 2.45) is 11.8 Å². The predicted molar refractivity (Wildman–Crippen MR) is 81.1 cm³/mol. The van der Waals surface area contributed by atoms with Crippen molar-refractivity contribution in [3.05, 3.63) is 0 Å². The summed E-state index contributed by atoms with van der Waals surface area (Å²) in [6.45, 7) is 3.11. The number of aliphatic carboxylic acids is 1. The van der Waals surface area contributed by atoms with E-state index in [0.717, 1.165) is 32.1 Å². The van der Waals surface area contributed by atoms with Crippen LogP contribution in [0.5, 0.6) is 0 Å². The van der Waals surface area contributed by atoms with E-state index >= 15 is 0 Å². The van der Waals surface area contributed by atoms with E-state index < -0.39 is 12.0 Å². The van der Waals surface area contributed by atoms with Crippen LogP contribution in [0.3, 0.4) is 0 Å². The van der Waals surface area contributed by atoms with Crippen molar-refractivity contribution in [1.82, 2.24) is 10.2 Å². The second kappa shape index (κ2) is 7.61. The van der Waals surface area contributed by atoms with Gasteiger partial charge < -0.3 is 15.3 Å². The fraction of sp³-hybridized carbons (Fsp3) is 0.812. The zero-order chi connectivity index (χ0) is 16.1. The number of hydrogen-bond donors (Lipinski definition) is 2. The van der Waals surface area contributed by atoms with E-state index in [1.54, 1.807) is 0 Å². The van der Waals surface area contributed by atoms with Crippen LogP contribution in [0.1, 0.15) is 51.9 Å². The van der Waals surface area contributed by atoms with Gasteiger partial charge in [-0.3, -0.25) is 9.59 Å². The smallest absolute Gasteiger partial charge is 0.326 e. The number of hydrogen-bond acceptors (Lipinski definition) is 3. The van der Waals surface area contributed by atoms with Gasteiger partial charge in [0.2, 0.25) is 11.8 Å². The lowest BCUT2D eigenvalue weighted by Crippen LogP contribution is -2.48. The molecule has 1 aliphatic heterocycles. The van der Waals surface area contributed by atoms with Gasteiger partial charge >= 0.3 is 5.97 Å². The van der Waals surface area contributed by atoms with Crippen molar-refractivity contribution < 1.29 is 19.5 Å². The quantitative estimate of drug-likeness (QED) is 0.803. The van der Waals surface area contributed by atoms with Crippen LogP contribution < -0.4 is 5.32 Å². The van der Waals surface area contributed by atoms with Crippen LogP contribution in [0.15, 0.2) is 0 Å². The van der Waals surface area contributed by atoms with Crippen molar-refractivity contribution in [2.45, 2.75) is 57.9 Å². The van der Waals surface area contributed by atoms with Crippen LogP contribution in [0.2, 0.25) is 0 Å². The first-order valence-electron chi connectivity index (χ1n) is 8.37. The van der Waals surface area contributed by atoms with E-state index in [-0.39, 0.29) is 23.7 Å². The molecule has 0 aromatic rings. The number of carbonyl (C=O) groups is 3. The highest BCUT2D eigenvalue weighted by molar-refractivity contribution is 5.90. The van der Waals surface area contributed by atoms with E-state index in [0.29, 0.717) is 25.9 Å². The minimum atomic E-state index is -0.936. The van der Waals surface area contributed by atoms with Gasteiger partial charge in [0.1, 0.15) is 6.04 Å². The molecule has 2 aliphatic rings. The molecule has 1 heterocycles. The fourth-order valence-electron chi connectivity index (χ4n) is 3.62. The number of carboxylic acid groups (broad SMARTS) is 1. The molecular formula is C16H26N2O4. The normalized spacial score (nSPS) is 28.4. The van der Waals surface area contributed by atoms with Crippen molar-refractivity contribution in [3.8, 4) is 0 Å². The zero-order valence-electron chi connectivity index (χ0n) is 13.2. The maximum atomic E-state index is 12.8. The molecule has 22 heavy (non-hydrogen) atoms. The molecule has 2 fully saturated rings. The lowest BCUT2D eigenvalue weighted by Gasteiger charge is -2.33. The number of nitrogens with one attached hydrogen (secondary N) is 1. The van der Waals surface area contributed by atoms with Gasteiger partial charge in [-0.2, -0.15) is 0 Å². The molecule has 2 rings (SSSR count). The van der Waals surface area contributed by atoms with Crippen LogP contribution in [0.4, 0.5) is 0 Å². The summed E-state index contributed by atoms with van der Waals surface area (Å²) in [5.41, 5.74) is 0. The maximum Gasteiger partial charge on any atom is 0.326 e. The summed E-state index contributed by atoms with van der Waals surface area (Å²) < 4.78 is 0. The number of nitrogens with zero attached hydrogens (tertiary/aromatic N) is 1. The maximum absolute atomic E-state index is 12.8. The Balaban J connectivity index is 2.08.